The van der Waals surface area contributed by atoms with Crippen LogP contribution in [0.25, 0.3) is 0 Å². The Morgan fingerprint density at radius 3 is 1.90 bits per heavy atom. The van der Waals surface area contributed by atoms with Crippen molar-refractivity contribution in [1.82, 2.24) is 9.78 Å². The van der Waals surface area contributed by atoms with E-state index >= 15 is 0 Å². The molecule has 0 saturated carbocycles. The van der Waals surface area contributed by atoms with Gasteiger partial charge in [-0.05, 0) is 0 Å². The smallest absolute Gasteiger partial charge is 0.380 e. The number of hydrazone groups is 1. The zero-order chi connectivity index (χ0) is 16.8. The van der Waals surface area contributed by atoms with Crippen molar-refractivity contribution in [3.05, 3.63) is 17.0 Å². The second-order valence-corrected chi connectivity index (χ2v) is 3.78. The molecule has 1 rings (SSSR count). The van der Waals surface area contributed by atoms with Crippen LogP contribution in [0.4, 0.5) is 35.1 Å². The molecular formula is C8H7F8N5. The Balaban J connectivity index is 3.79. The summed E-state index contributed by atoms with van der Waals surface area (Å²) in [6, 6.07) is 0. The summed E-state index contributed by atoms with van der Waals surface area (Å²) in [6.45, 7) is 0. The molecule has 0 unspecified atom stereocenters. The predicted octanol–water partition coefficient (Wildman–Crippen LogP) is 1.67. The summed E-state index contributed by atoms with van der Waals surface area (Å²) in [5.74, 6) is -2.29. The van der Waals surface area contributed by atoms with Gasteiger partial charge in [-0.3, -0.25) is 4.68 Å². The average molecular weight is 325 g/mol. The van der Waals surface area contributed by atoms with Crippen molar-refractivity contribution < 1.29 is 35.1 Å². The minimum atomic E-state index is -6.27. The van der Waals surface area contributed by atoms with E-state index in [9.17, 15) is 35.1 Å². The summed E-state index contributed by atoms with van der Waals surface area (Å²) in [4.78, 5) is 0. The van der Waals surface area contributed by atoms with Crippen molar-refractivity contribution in [3.63, 3.8) is 0 Å². The number of rotatable bonds is 2. The van der Waals surface area contributed by atoms with Gasteiger partial charge in [0.2, 0.25) is 0 Å². The average Bonchev–Trinajstić information content (AvgIpc) is 2.64. The molecule has 1 aromatic heterocycles. The highest BCUT2D eigenvalue weighted by Gasteiger charge is 2.64. The third-order valence-electron chi connectivity index (χ3n) is 2.37. The number of amidine groups is 1. The van der Waals surface area contributed by atoms with Crippen LogP contribution in [-0.2, 0) is 19.1 Å². The van der Waals surface area contributed by atoms with Crippen molar-refractivity contribution in [2.75, 3.05) is 0 Å². The van der Waals surface area contributed by atoms with Gasteiger partial charge < -0.3 is 11.6 Å². The molecular weight excluding hydrogens is 318 g/mol. The van der Waals surface area contributed by atoms with Crippen LogP contribution < -0.4 is 11.6 Å². The van der Waals surface area contributed by atoms with E-state index in [1.807, 2.05) is 0 Å². The second-order valence-electron chi connectivity index (χ2n) is 3.78. The third kappa shape index (κ3) is 2.71. The number of hydrogen-bond acceptors (Lipinski definition) is 3. The largest absolute Gasteiger partial charge is 0.459 e. The fourth-order valence-corrected chi connectivity index (χ4v) is 1.50. The molecule has 0 spiro atoms. The van der Waals surface area contributed by atoms with Crippen molar-refractivity contribution in [2.24, 2.45) is 23.7 Å². The highest BCUT2D eigenvalue weighted by molar-refractivity contribution is 5.97. The lowest BCUT2D eigenvalue weighted by Crippen LogP contribution is -2.36. The van der Waals surface area contributed by atoms with E-state index in [-0.39, 0.29) is 4.68 Å². The highest BCUT2D eigenvalue weighted by Crippen LogP contribution is 2.48. The molecule has 120 valence electrons. The maximum Gasteiger partial charge on any atom is 0.459 e. The number of hydrogen-bond donors (Lipinski definition) is 2. The Kier molecular flexibility index (Phi) is 3.83. The van der Waals surface area contributed by atoms with Gasteiger partial charge in [-0.25, -0.2) is 0 Å². The van der Waals surface area contributed by atoms with Gasteiger partial charge in [0.1, 0.15) is 11.3 Å². The first-order chi connectivity index (χ1) is 9.25. The van der Waals surface area contributed by atoms with E-state index in [0.29, 0.717) is 7.05 Å². The van der Waals surface area contributed by atoms with Crippen LogP contribution in [0.1, 0.15) is 17.0 Å². The number of aromatic nitrogens is 2. The van der Waals surface area contributed by atoms with E-state index < -0.39 is 41.1 Å². The van der Waals surface area contributed by atoms with Crippen LogP contribution in [-0.4, -0.2) is 21.8 Å². The lowest BCUT2D eigenvalue weighted by Gasteiger charge is -2.19. The first-order valence-corrected chi connectivity index (χ1v) is 4.88. The van der Waals surface area contributed by atoms with Crippen molar-refractivity contribution >= 4 is 5.84 Å². The number of nitrogens with zero attached hydrogens (tertiary/aromatic N) is 3. The Bertz CT molecular complexity index is 566. The summed E-state index contributed by atoms with van der Waals surface area (Å²) in [5, 5.41) is 5.25. The number of halogens is 8. The molecule has 5 nitrogen and oxygen atoms in total. The molecule has 0 fully saturated rings. The van der Waals surface area contributed by atoms with Crippen LogP contribution in [0, 0.1) is 0 Å². The summed E-state index contributed by atoms with van der Waals surface area (Å²) in [7, 11) is 0.693. The van der Waals surface area contributed by atoms with Crippen LogP contribution in [0.2, 0.25) is 0 Å². The standard InChI is InChI=1S/C8H7F8N5/c1-21-3(5(17)19-18)2(7(11,12)13)4(20-21)6(9,10)8(14,15)16/h18H2,1H3,(H2,17,19). The Morgan fingerprint density at radius 1 is 1.10 bits per heavy atom. The molecule has 13 heteroatoms. The molecule has 0 radical (unpaired) electrons. The fourth-order valence-electron chi connectivity index (χ4n) is 1.50. The molecule has 21 heavy (non-hydrogen) atoms. The van der Waals surface area contributed by atoms with Crippen LogP contribution in [0.5, 0.6) is 0 Å². The second kappa shape index (κ2) is 4.73. The van der Waals surface area contributed by atoms with E-state index in [4.69, 9.17) is 5.73 Å². The summed E-state index contributed by atoms with van der Waals surface area (Å²) < 4.78 is 102. The maximum atomic E-state index is 13.2. The van der Waals surface area contributed by atoms with Gasteiger partial charge in [0.15, 0.2) is 11.5 Å². The zero-order valence-corrected chi connectivity index (χ0v) is 10.0. The van der Waals surface area contributed by atoms with Gasteiger partial charge in [-0.2, -0.15) is 45.3 Å². The van der Waals surface area contributed by atoms with Gasteiger partial charge in [0.05, 0.1) is 0 Å². The number of alkyl halides is 8. The third-order valence-corrected chi connectivity index (χ3v) is 2.37. The SMILES string of the molecule is Cn1nc(C(F)(F)C(F)(F)F)c(C(F)(F)F)c1/C(N)=N/N. The van der Waals surface area contributed by atoms with Gasteiger partial charge >= 0.3 is 18.3 Å². The van der Waals surface area contributed by atoms with Crippen LogP contribution in [0.3, 0.4) is 0 Å². The molecule has 0 aliphatic carbocycles. The monoisotopic (exact) mass is 325 g/mol. The van der Waals surface area contributed by atoms with Crippen LogP contribution >= 0.6 is 0 Å². The quantitative estimate of drug-likeness (QED) is 0.285. The summed E-state index contributed by atoms with van der Waals surface area (Å²) in [6.07, 6.45) is -11.9. The Labute approximate surface area is 111 Å². The van der Waals surface area contributed by atoms with Crippen LogP contribution in [0.15, 0.2) is 5.10 Å². The normalized spacial score (nSPS) is 14.6. The first kappa shape index (κ1) is 17.0. The van der Waals surface area contributed by atoms with Gasteiger partial charge in [0.25, 0.3) is 0 Å². The van der Waals surface area contributed by atoms with Crippen molar-refractivity contribution in [2.45, 2.75) is 18.3 Å². The van der Waals surface area contributed by atoms with E-state index in [2.05, 4.69) is 16.0 Å². The molecule has 0 aliphatic rings. The number of aryl methyl sites for hydroxylation is 1. The summed E-state index contributed by atoms with van der Waals surface area (Å²) in [5.41, 5.74) is -1.16. The molecule has 4 N–H and O–H groups in total. The van der Waals surface area contributed by atoms with Gasteiger partial charge in [-0.1, -0.05) is 0 Å². The molecule has 0 amide bonds. The van der Waals surface area contributed by atoms with Gasteiger partial charge in [-0.15, -0.1) is 0 Å². The van der Waals surface area contributed by atoms with Crippen molar-refractivity contribution in [3.8, 4) is 0 Å². The molecule has 0 aromatic carbocycles. The fraction of sp³-hybridized carbons (Fsp3) is 0.500. The summed E-state index contributed by atoms with van der Waals surface area (Å²) >= 11 is 0. The minimum Gasteiger partial charge on any atom is -0.380 e. The molecule has 0 aliphatic heterocycles. The molecule has 1 aromatic rings. The van der Waals surface area contributed by atoms with Crippen molar-refractivity contribution in [1.29, 1.82) is 0 Å². The van der Waals surface area contributed by atoms with E-state index in [1.165, 1.54) is 0 Å². The topological polar surface area (TPSA) is 82.2 Å². The minimum absolute atomic E-state index is 0.101. The lowest BCUT2D eigenvalue weighted by atomic mass is 10.1. The molecule has 0 saturated heterocycles. The Hall–Kier alpha value is -2.08. The van der Waals surface area contributed by atoms with E-state index in [0.717, 1.165) is 0 Å². The molecule has 1 heterocycles. The molecule has 0 atom stereocenters. The Morgan fingerprint density at radius 2 is 1.57 bits per heavy atom. The van der Waals surface area contributed by atoms with Gasteiger partial charge in [0, 0.05) is 7.05 Å². The molecule has 0 bridgehead atoms. The first-order valence-electron chi connectivity index (χ1n) is 4.88. The highest BCUT2D eigenvalue weighted by atomic mass is 19.4. The zero-order valence-electron chi connectivity index (χ0n) is 10.0. The van der Waals surface area contributed by atoms with E-state index in [1.54, 1.807) is 0 Å². The lowest BCUT2D eigenvalue weighted by molar-refractivity contribution is -0.292. The maximum absolute atomic E-state index is 13.2. The number of nitrogens with two attached hydrogens (primary N) is 2. The predicted molar refractivity (Wildman–Crippen MR) is 53.1 cm³/mol.